The first kappa shape index (κ1) is 26.4. The summed E-state index contributed by atoms with van der Waals surface area (Å²) in [6, 6.07) is 11.0. The molecule has 186 valence electrons. The van der Waals surface area contributed by atoms with Crippen LogP contribution in [0.15, 0.2) is 42.5 Å². The van der Waals surface area contributed by atoms with Crippen molar-refractivity contribution in [1.82, 2.24) is 9.80 Å². The number of carbonyl (C=O) groups is 1. The molecule has 0 radical (unpaired) electrons. The standard InChI is InChI=1S/C25H27F3N4O2S/c1-24(2)22(33)32(18-9-12-21(29-3)20(15-18)25(26,27)28)23(35)31(24)13-6-14-34-19-10-7-17(8-11-19)16-30(4)5/h7-12,15H,6,13-14,16H2,1-2,4-5H3. The van der Waals surface area contributed by atoms with Gasteiger partial charge in [-0.1, -0.05) is 18.2 Å². The van der Waals surface area contributed by atoms with Crippen molar-refractivity contribution >= 4 is 34.6 Å². The Bertz CT molecular complexity index is 1140. The van der Waals surface area contributed by atoms with Crippen LogP contribution in [0.25, 0.3) is 4.85 Å². The highest BCUT2D eigenvalue weighted by molar-refractivity contribution is 7.80. The highest BCUT2D eigenvalue weighted by atomic mass is 32.1. The third-order valence-corrected chi connectivity index (χ3v) is 6.11. The number of benzene rings is 2. The van der Waals surface area contributed by atoms with Crippen LogP contribution in [-0.4, -0.2) is 53.6 Å². The molecular formula is C25H27F3N4O2S. The lowest BCUT2D eigenvalue weighted by Crippen LogP contribution is -2.44. The molecule has 2 aromatic carbocycles. The monoisotopic (exact) mass is 504 g/mol. The van der Waals surface area contributed by atoms with E-state index >= 15 is 0 Å². The quantitative estimate of drug-likeness (QED) is 0.270. The van der Waals surface area contributed by atoms with Crippen LogP contribution in [0, 0.1) is 6.57 Å². The van der Waals surface area contributed by atoms with Gasteiger partial charge in [0.25, 0.3) is 5.91 Å². The van der Waals surface area contributed by atoms with Gasteiger partial charge in [-0.25, -0.2) is 4.85 Å². The molecule has 1 amide bonds. The molecule has 0 atom stereocenters. The zero-order valence-electron chi connectivity index (χ0n) is 20.0. The first-order valence-electron chi connectivity index (χ1n) is 11.0. The Balaban J connectivity index is 1.69. The zero-order valence-corrected chi connectivity index (χ0v) is 20.8. The molecule has 0 N–H and O–H groups in total. The Morgan fingerprint density at radius 2 is 1.80 bits per heavy atom. The number of rotatable bonds is 8. The molecule has 0 spiro atoms. The number of hydrogen-bond donors (Lipinski definition) is 0. The van der Waals surface area contributed by atoms with Gasteiger partial charge in [0.1, 0.15) is 11.3 Å². The summed E-state index contributed by atoms with van der Waals surface area (Å²) in [5.74, 6) is 0.302. The van der Waals surface area contributed by atoms with Crippen LogP contribution in [0.3, 0.4) is 0 Å². The number of amides is 1. The Hall–Kier alpha value is -3.16. The van der Waals surface area contributed by atoms with Crippen molar-refractivity contribution in [2.45, 2.75) is 38.5 Å². The van der Waals surface area contributed by atoms with Crippen molar-refractivity contribution in [2.24, 2.45) is 0 Å². The van der Waals surface area contributed by atoms with Crippen LogP contribution in [0.5, 0.6) is 5.75 Å². The van der Waals surface area contributed by atoms with E-state index in [-0.39, 0.29) is 10.8 Å². The van der Waals surface area contributed by atoms with Crippen LogP contribution in [0.2, 0.25) is 0 Å². The number of ether oxygens (including phenoxy) is 1. The Labute approximate surface area is 208 Å². The minimum atomic E-state index is -4.72. The number of nitrogens with zero attached hydrogens (tertiary/aromatic N) is 4. The van der Waals surface area contributed by atoms with E-state index in [1.165, 1.54) is 11.6 Å². The molecule has 3 rings (SSSR count). The number of carbonyl (C=O) groups excluding carboxylic acids is 1. The summed E-state index contributed by atoms with van der Waals surface area (Å²) < 4.78 is 46.1. The minimum Gasteiger partial charge on any atom is -0.494 e. The number of anilines is 1. The number of thiocarbonyl (C=S) groups is 1. The molecule has 2 aromatic rings. The van der Waals surface area contributed by atoms with Gasteiger partial charge in [-0.3, -0.25) is 9.69 Å². The van der Waals surface area contributed by atoms with E-state index in [9.17, 15) is 18.0 Å². The van der Waals surface area contributed by atoms with Gasteiger partial charge in [0.15, 0.2) is 10.8 Å². The number of alkyl halides is 3. The molecule has 0 aromatic heterocycles. The van der Waals surface area contributed by atoms with Gasteiger partial charge in [0.2, 0.25) is 0 Å². The van der Waals surface area contributed by atoms with Crippen LogP contribution in [0.4, 0.5) is 24.5 Å². The van der Waals surface area contributed by atoms with Crippen molar-refractivity contribution in [3.05, 3.63) is 65.0 Å². The van der Waals surface area contributed by atoms with E-state index < -0.39 is 28.9 Å². The van der Waals surface area contributed by atoms with E-state index in [0.717, 1.165) is 29.3 Å². The SMILES string of the molecule is [C-]#[N+]c1ccc(N2C(=O)C(C)(C)N(CCCOc3ccc(CN(C)C)cc3)C2=S)cc1C(F)(F)F. The summed E-state index contributed by atoms with van der Waals surface area (Å²) >= 11 is 5.50. The third-order valence-electron chi connectivity index (χ3n) is 5.70. The second-order valence-corrected chi connectivity index (χ2v) is 9.39. The van der Waals surface area contributed by atoms with E-state index in [1.54, 1.807) is 18.7 Å². The van der Waals surface area contributed by atoms with Gasteiger partial charge in [-0.15, -0.1) is 0 Å². The van der Waals surface area contributed by atoms with Gasteiger partial charge in [0.05, 0.1) is 18.7 Å². The number of halogens is 3. The Morgan fingerprint density at radius 1 is 1.14 bits per heavy atom. The molecule has 6 nitrogen and oxygen atoms in total. The number of hydrogen-bond acceptors (Lipinski definition) is 4. The normalized spacial score (nSPS) is 15.6. The molecule has 0 aliphatic carbocycles. The fourth-order valence-corrected chi connectivity index (χ4v) is 4.40. The van der Waals surface area contributed by atoms with Gasteiger partial charge in [-0.05, 0) is 76.4 Å². The average Bonchev–Trinajstić information content (AvgIpc) is 2.95. The molecule has 1 fully saturated rings. The van der Waals surface area contributed by atoms with Crippen LogP contribution in [0.1, 0.15) is 31.4 Å². The largest absolute Gasteiger partial charge is 0.494 e. The van der Waals surface area contributed by atoms with E-state index in [1.807, 2.05) is 38.4 Å². The lowest BCUT2D eigenvalue weighted by atomic mass is 10.0. The average molecular weight is 505 g/mol. The molecule has 0 unspecified atom stereocenters. The second kappa shape index (κ2) is 10.2. The maximum atomic E-state index is 13.4. The zero-order chi connectivity index (χ0) is 26.0. The predicted molar refractivity (Wildman–Crippen MR) is 133 cm³/mol. The van der Waals surface area contributed by atoms with E-state index in [4.69, 9.17) is 23.5 Å². The smallest absolute Gasteiger partial charge is 0.407 e. The fourth-order valence-electron chi connectivity index (χ4n) is 3.90. The molecule has 1 aliphatic heterocycles. The van der Waals surface area contributed by atoms with Gasteiger partial charge in [0, 0.05) is 18.8 Å². The van der Waals surface area contributed by atoms with Gasteiger partial charge >= 0.3 is 6.18 Å². The molecule has 1 aliphatic rings. The Morgan fingerprint density at radius 3 is 2.37 bits per heavy atom. The van der Waals surface area contributed by atoms with Crippen molar-refractivity contribution in [2.75, 3.05) is 32.1 Å². The molecule has 0 saturated carbocycles. The summed E-state index contributed by atoms with van der Waals surface area (Å²) in [6.07, 6.45) is -4.17. The van der Waals surface area contributed by atoms with Crippen molar-refractivity contribution in [3.8, 4) is 5.75 Å². The van der Waals surface area contributed by atoms with E-state index in [2.05, 4.69) is 9.74 Å². The molecule has 10 heteroatoms. The summed E-state index contributed by atoms with van der Waals surface area (Å²) in [5.41, 5.74) is -1.50. The highest BCUT2D eigenvalue weighted by Crippen LogP contribution is 2.40. The van der Waals surface area contributed by atoms with Gasteiger partial charge < -0.3 is 14.5 Å². The molecule has 0 bridgehead atoms. The Kier molecular flexibility index (Phi) is 7.72. The van der Waals surface area contributed by atoms with Crippen molar-refractivity contribution < 1.29 is 22.7 Å². The molecule has 1 saturated heterocycles. The van der Waals surface area contributed by atoms with Crippen LogP contribution >= 0.6 is 12.2 Å². The van der Waals surface area contributed by atoms with Crippen molar-refractivity contribution in [3.63, 3.8) is 0 Å². The molecular weight excluding hydrogens is 477 g/mol. The predicted octanol–water partition coefficient (Wildman–Crippen LogP) is 5.50. The van der Waals surface area contributed by atoms with Crippen molar-refractivity contribution in [1.29, 1.82) is 0 Å². The first-order chi connectivity index (χ1) is 16.4. The maximum absolute atomic E-state index is 13.4. The summed E-state index contributed by atoms with van der Waals surface area (Å²) in [5, 5.41) is 0.122. The second-order valence-electron chi connectivity index (χ2n) is 9.03. The van der Waals surface area contributed by atoms with E-state index in [0.29, 0.717) is 19.6 Å². The minimum absolute atomic E-state index is 0.00985. The third kappa shape index (κ3) is 5.74. The summed E-state index contributed by atoms with van der Waals surface area (Å²) in [7, 11) is 4.00. The first-order valence-corrected chi connectivity index (χ1v) is 11.4. The van der Waals surface area contributed by atoms with Crippen LogP contribution < -0.4 is 9.64 Å². The fraction of sp³-hybridized carbons (Fsp3) is 0.400. The summed E-state index contributed by atoms with van der Waals surface area (Å²) in [4.78, 5) is 21.0. The molecule has 1 heterocycles. The maximum Gasteiger partial charge on any atom is 0.407 e. The lowest BCUT2D eigenvalue weighted by Gasteiger charge is -2.29. The highest BCUT2D eigenvalue weighted by Gasteiger charge is 2.49. The van der Waals surface area contributed by atoms with Crippen LogP contribution in [-0.2, 0) is 17.5 Å². The topological polar surface area (TPSA) is 40.4 Å². The summed E-state index contributed by atoms with van der Waals surface area (Å²) in [6.45, 7) is 12.0. The van der Waals surface area contributed by atoms with Gasteiger partial charge in [-0.2, -0.15) is 13.2 Å². The lowest BCUT2D eigenvalue weighted by molar-refractivity contribution is -0.136. The molecule has 35 heavy (non-hydrogen) atoms.